The minimum Gasteiger partial charge on any atom is -0.347 e. The maximum absolute atomic E-state index is 13.0. The van der Waals surface area contributed by atoms with Crippen LogP contribution in [0.15, 0.2) is 42.6 Å². The van der Waals surface area contributed by atoms with Crippen LogP contribution in [-0.4, -0.2) is 16.4 Å². The Bertz CT molecular complexity index is 717. The van der Waals surface area contributed by atoms with Gasteiger partial charge in [-0.15, -0.1) is 0 Å². The molecule has 5 nitrogen and oxygen atoms in total. The third-order valence-electron chi connectivity index (χ3n) is 4.05. The SMILES string of the molecule is Cn1cccc1C(=O)NNC(=O)C1(c2ccc(F)cc2)CC1. The number of benzene rings is 1. The van der Waals surface area contributed by atoms with E-state index in [2.05, 4.69) is 10.9 Å². The van der Waals surface area contributed by atoms with E-state index in [9.17, 15) is 14.0 Å². The Kier molecular flexibility index (Phi) is 3.44. The molecule has 0 radical (unpaired) electrons. The standard InChI is InChI=1S/C16H16FN3O2/c1-20-10-2-3-13(20)14(21)18-19-15(22)16(8-9-16)11-4-6-12(17)7-5-11/h2-7,10H,8-9H2,1H3,(H,18,21)(H,19,22). The molecule has 2 aromatic rings. The topological polar surface area (TPSA) is 63.1 Å². The Morgan fingerprint density at radius 2 is 1.82 bits per heavy atom. The lowest BCUT2D eigenvalue weighted by Crippen LogP contribution is -2.46. The molecule has 22 heavy (non-hydrogen) atoms. The fourth-order valence-electron chi connectivity index (χ4n) is 2.53. The van der Waals surface area contributed by atoms with Gasteiger partial charge in [-0.25, -0.2) is 4.39 Å². The summed E-state index contributed by atoms with van der Waals surface area (Å²) in [6.07, 6.45) is 3.12. The summed E-state index contributed by atoms with van der Waals surface area (Å²) < 4.78 is 14.6. The van der Waals surface area contributed by atoms with Gasteiger partial charge < -0.3 is 4.57 Å². The van der Waals surface area contributed by atoms with Crippen LogP contribution in [0.25, 0.3) is 0 Å². The van der Waals surface area contributed by atoms with Crippen molar-refractivity contribution in [2.75, 3.05) is 0 Å². The van der Waals surface area contributed by atoms with E-state index >= 15 is 0 Å². The van der Waals surface area contributed by atoms with E-state index in [0.717, 1.165) is 5.56 Å². The number of amides is 2. The van der Waals surface area contributed by atoms with Crippen molar-refractivity contribution >= 4 is 11.8 Å². The highest BCUT2D eigenvalue weighted by atomic mass is 19.1. The highest BCUT2D eigenvalue weighted by molar-refractivity contribution is 5.96. The first-order chi connectivity index (χ1) is 10.5. The van der Waals surface area contributed by atoms with Gasteiger partial charge in [-0.3, -0.25) is 20.4 Å². The van der Waals surface area contributed by atoms with E-state index in [4.69, 9.17) is 0 Å². The number of carbonyl (C=O) groups is 2. The van der Waals surface area contributed by atoms with Gasteiger partial charge in [0.05, 0.1) is 5.41 Å². The Balaban J connectivity index is 1.66. The molecule has 3 rings (SSSR count). The average molecular weight is 301 g/mol. The van der Waals surface area contributed by atoms with Crippen molar-refractivity contribution in [3.8, 4) is 0 Å². The van der Waals surface area contributed by atoms with Gasteiger partial charge in [0, 0.05) is 13.2 Å². The molecule has 0 atom stereocenters. The minimum atomic E-state index is -0.658. The molecular formula is C16H16FN3O2. The minimum absolute atomic E-state index is 0.276. The number of nitrogens with one attached hydrogen (secondary N) is 2. The van der Waals surface area contributed by atoms with Crippen LogP contribution in [0.3, 0.4) is 0 Å². The van der Waals surface area contributed by atoms with Crippen LogP contribution in [0.1, 0.15) is 28.9 Å². The van der Waals surface area contributed by atoms with Crippen LogP contribution in [0.5, 0.6) is 0 Å². The summed E-state index contributed by atoms with van der Waals surface area (Å²) in [4.78, 5) is 24.3. The summed E-state index contributed by atoms with van der Waals surface area (Å²) in [7, 11) is 1.75. The second kappa shape index (κ2) is 5.29. The average Bonchev–Trinajstić information content (AvgIpc) is 3.21. The fourth-order valence-corrected chi connectivity index (χ4v) is 2.53. The molecule has 1 heterocycles. The Morgan fingerprint density at radius 1 is 1.14 bits per heavy atom. The van der Waals surface area contributed by atoms with Crippen LogP contribution in [0.4, 0.5) is 4.39 Å². The number of aromatic nitrogens is 1. The largest absolute Gasteiger partial charge is 0.347 e. The summed E-state index contributed by atoms with van der Waals surface area (Å²) in [5.41, 5.74) is 5.44. The van der Waals surface area contributed by atoms with Crippen molar-refractivity contribution in [3.05, 3.63) is 59.7 Å². The van der Waals surface area contributed by atoms with Crippen molar-refractivity contribution in [3.63, 3.8) is 0 Å². The summed E-state index contributed by atoms with van der Waals surface area (Å²) in [6, 6.07) is 9.31. The highest BCUT2D eigenvalue weighted by Gasteiger charge is 2.51. The van der Waals surface area contributed by atoms with Crippen LogP contribution < -0.4 is 10.9 Å². The Morgan fingerprint density at radius 3 is 2.36 bits per heavy atom. The lowest BCUT2D eigenvalue weighted by molar-refractivity contribution is -0.124. The van der Waals surface area contributed by atoms with E-state index in [-0.39, 0.29) is 17.6 Å². The number of rotatable bonds is 3. The first-order valence-electron chi connectivity index (χ1n) is 7.01. The summed E-state index contributed by atoms with van der Waals surface area (Å²) in [5, 5.41) is 0. The zero-order valence-corrected chi connectivity index (χ0v) is 12.1. The molecular weight excluding hydrogens is 285 g/mol. The van der Waals surface area contributed by atoms with Gasteiger partial charge in [-0.1, -0.05) is 12.1 Å². The number of carbonyl (C=O) groups excluding carboxylic acids is 2. The zero-order chi connectivity index (χ0) is 15.7. The molecule has 1 fully saturated rings. The van der Waals surface area contributed by atoms with Gasteiger partial charge in [0.2, 0.25) is 5.91 Å². The smallest absolute Gasteiger partial charge is 0.286 e. The van der Waals surface area contributed by atoms with Crippen molar-refractivity contribution in [1.82, 2.24) is 15.4 Å². The third kappa shape index (κ3) is 2.47. The van der Waals surface area contributed by atoms with Gasteiger partial charge in [0.15, 0.2) is 0 Å². The van der Waals surface area contributed by atoms with Crippen molar-refractivity contribution in [2.45, 2.75) is 18.3 Å². The number of halogens is 1. The van der Waals surface area contributed by atoms with Gasteiger partial charge in [0.1, 0.15) is 11.5 Å². The maximum atomic E-state index is 13.0. The first-order valence-corrected chi connectivity index (χ1v) is 7.01. The molecule has 2 N–H and O–H groups in total. The van der Waals surface area contributed by atoms with Gasteiger partial charge in [0.25, 0.3) is 5.91 Å². The number of hydrogen-bond donors (Lipinski definition) is 2. The van der Waals surface area contributed by atoms with Crippen LogP contribution >= 0.6 is 0 Å². The molecule has 0 spiro atoms. The van der Waals surface area contributed by atoms with E-state index in [1.54, 1.807) is 42.1 Å². The summed E-state index contributed by atoms with van der Waals surface area (Å²) in [6.45, 7) is 0. The molecule has 1 aromatic heterocycles. The summed E-state index contributed by atoms with van der Waals surface area (Å²) in [5.74, 6) is -0.991. The molecule has 1 saturated carbocycles. The second-order valence-electron chi connectivity index (χ2n) is 5.50. The Hall–Kier alpha value is -2.63. The van der Waals surface area contributed by atoms with E-state index < -0.39 is 5.41 Å². The second-order valence-corrected chi connectivity index (χ2v) is 5.50. The normalized spacial score (nSPS) is 15.2. The number of hydrazine groups is 1. The molecule has 0 aliphatic heterocycles. The molecule has 2 amide bonds. The zero-order valence-electron chi connectivity index (χ0n) is 12.1. The lowest BCUT2D eigenvalue weighted by atomic mass is 9.95. The quantitative estimate of drug-likeness (QED) is 0.847. The number of nitrogens with zero attached hydrogens (tertiary/aromatic N) is 1. The molecule has 1 aromatic carbocycles. The van der Waals surface area contributed by atoms with Crippen LogP contribution in [0.2, 0.25) is 0 Å². The van der Waals surface area contributed by atoms with Gasteiger partial charge in [-0.05, 0) is 42.7 Å². The molecule has 0 bridgehead atoms. The van der Waals surface area contributed by atoms with E-state index in [0.29, 0.717) is 18.5 Å². The van der Waals surface area contributed by atoms with Crippen LogP contribution in [0, 0.1) is 5.82 Å². The highest BCUT2D eigenvalue weighted by Crippen LogP contribution is 2.48. The van der Waals surface area contributed by atoms with Crippen molar-refractivity contribution in [1.29, 1.82) is 0 Å². The molecule has 1 aliphatic rings. The predicted molar refractivity (Wildman–Crippen MR) is 78.3 cm³/mol. The van der Waals surface area contributed by atoms with E-state index in [1.807, 2.05) is 0 Å². The monoisotopic (exact) mass is 301 g/mol. The summed E-state index contributed by atoms with van der Waals surface area (Å²) >= 11 is 0. The third-order valence-corrected chi connectivity index (χ3v) is 4.05. The molecule has 0 unspecified atom stereocenters. The Labute approximate surface area is 127 Å². The van der Waals surface area contributed by atoms with Gasteiger partial charge in [-0.2, -0.15) is 0 Å². The van der Waals surface area contributed by atoms with Gasteiger partial charge >= 0.3 is 0 Å². The first kappa shape index (κ1) is 14.3. The van der Waals surface area contributed by atoms with Crippen LogP contribution in [-0.2, 0) is 17.3 Å². The van der Waals surface area contributed by atoms with Crippen molar-refractivity contribution in [2.24, 2.45) is 7.05 Å². The predicted octanol–water partition coefficient (Wildman–Crippen LogP) is 1.66. The molecule has 114 valence electrons. The van der Waals surface area contributed by atoms with E-state index in [1.165, 1.54) is 12.1 Å². The molecule has 6 heteroatoms. The number of aryl methyl sites for hydroxylation is 1. The maximum Gasteiger partial charge on any atom is 0.286 e. The number of hydrogen-bond acceptors (Lipinski definition) is 2. The fraction of sp³-hybridized carbons (Fsp3) is 0.250. The molecule has 0 saturated heterocycles. The van der Waals surface area contributed by atoms with Crippen molar-refractivity contribution < 1.29 is 14.0 Å². The molecule has 1 aliphatic carbocycles. The lowest BCUT2D eigenvalue weighted by Gasteiger charge is -2.16.